The predicted molar refractivity (Wildman–Crippen MR) is 71.8 cm³/mol. The molecule has 0 aliphatic carbocycles. The number of likely N-dealkylation sites (tertiary alicyclic amines) is 1. The van der Waals surface area contributed by atoms with Gasteiger partial charge in [-0.05, 0) is 52.2 Å². The Balaban J connectivity index is 2.17. The van der Waals surface area contributed by atoms with Gasteiger partial charge in [0.1, 0.15) is 0 Å². The third-order valence-corrected chi connectivity index (χ3v) is 4.11. The largest absolute Gasteiger partial charge is 0.314 e. The van der Waals surface area contributed by atoms with Gasteiger partial charge >= 0.3 is 0 Å². The van der Waals surface area contributed by atoms with Crippen molar-refractivity contribution in [3.05, 3.63) is 0 Å². The van der Waals surface area contributed by atoms with Gasteiger partial charge in [0.05, 0.1) is 0 Å². The highest BCUT2D eigenvalue weighted by Gasteiger charge is 2.20. The zero-order chi connectivity index (χ0) is 12.0. The van der Waals surface area contributed by atoms with Crippen molar-refractivity contribution in [3.63, 3.8) is 0 Å². The summed E-state index contributed by atoms with van der Waals surface area (Å²) in [5.41, 5.74) is 0. The van der Waals surface area contributed by atoms with Crippen molar-refractivity contribution in [2.45, 2.75) is 65.5 Å². The molecule has 2 nitrogen and oxygen atoms in total. The normalized spacial score (nSPS) is 19.9. The molecule has 1 fully saturated rings. The van der Waals surface area contributed by atoms with E-state index in [2.05, 4.69) is 37.9 Å². The molecule has 16 heavy (non-hydrogen) atoms. The van der Waals surface area contributed by atoms with Gasteiger partial charge in [-0.2, -0.15) is 0 Å². The Morgan fingerprint density at radius 2 is 1.69 bits per heavy atom. The summed E-state index contributed by atoms with van der Waals surface area (Å²) in [5.74, 6) is 0.878. The second kappa shape index (κ2) is 7.29. The van der Waals surface area contributed by atoms with Gasteiger partial charge in [-0.3, -0.25) is 0 Å². The van der Waals surface area contributed by atoms with E-state index in [0.717, 1.165) is 18.0 Å². The Morgan fingerprint density at radius 1 is 1.12 bits per heavy atom. The van der Waals surface area contributed by atoms with Crippen LogP contribution >= 0.6 is 0 Å². The predicted octanol–water partition coefficient (Wildman–Crippen LogP) is 2.89. The van der Waals surface area contributed by atoms with Gasteiger partial charge in [0.2, 0.25) is 0 Å². The van der Waals surface area contributed by atoms with E-state index in [-0.39, 0.29) is 0 Å². The molecule has 2 heteroatoms. The molecule has 1 saturated heterocycles. The topological polar surface area (TPSA) is 15.3 Å². The first kappa shape index (κ1) is 14.0. The van der Waals surface area contributed by atoms with Crippen LogP contribution in [0.3, 0.4) is 0 Å². The number of piperidine rings is 1. The first-order chi connectivity index (χ1) is 7.67. The lowest BCUT2D eigenvalue weighted by atomic mass is 10.00. The van der Waals surface area contributed by atoms with E-state index < -0.39 is 0 Å². The van der Waals surface area contributed by atoms with Crippen molar-refractivity contribution in [2.24, 2.45) is 5.92 Å². The maximum atomic E-state index is 3.76. The van der Waals surface area contributed by atoms with E-state index in [0.29, 0.717) is 0 Å². The molecule has 0 amide bonds. The van der Waals surface area contributed by atoms with Gasteiger partial charge in [-0.25, -0.2) is 0 Å². The highest BCUT2D eigenvalue weighted by atomic mass is 15.2. The maximum absolute atomic E-state index is 3.76. The monoisotopic (exact) mass is 226 g/mol. The maximum Gasteiger partial charge on any atom is 0.00915 e. The average Bonchev–Trinajstić information content (AvgIpc) is 2.31. The van der Waals surface area contributed by atoms with Gasteiger partial charge < -0.3 is 10.2 Å². The number of rotatable bonds is 6. The van der Waals surface area contributed by atoms with Crippen molar-refractivity contribution in [2.75, 3.05) is 19.6 Å². The van der Waals surface area contributed by atoms with E-state index in [9.17, 15) is 0 Å². The molecule has 0 atom stereocenters. The van der Waals surface area contributed by atoms with Crippen LogP contribution in [0.25, 0.3) is 0 Å². The fourth-order valence-corrected chi connectivity index (χ4v) is 2.53. The van der Waals surface area contributed by atoms with Crippen LogP contribution < -0.4 is 5.32 Å². The third-order valence-electron chi connectivity index (χ3n) is 4.11. The molecule has 0 aromatic carbocycles. The summed E-state index contributed by atoms with van der Waals surface area (Å²) in [4.78, 5) is 2.59. The van der Waals surface area contributed by atoms with Crippen molar-refractivity contribution in [1.82, 2.24) is 10.2 Å². The molecule has 1 rings (SSSR count). The van der Waals surface area contributed by atoms with Crippen LogP contribution in [-0.2, 0) is 0 Å². The molecule has 0 spiro atoms. The quantitative estimate of drug-likeness (QED) is 0.749. The molecule has 96 valence electrons. The van der Waals surface area contributed by atoms with Gasteiger partial charge in [0.25, 0.3) is 0 Å². The summed E-state index contributed by atoms with van der Waals surface area (Å²) in [6.45, 7) is 13.0. The fraction of sp³-hybridized carbons (Fsp3) is 1.00. The molecule has 0 aromatic rings. The molecule has 1 aliphatic rings. The summed E-state index contributed by atoms with van der Waals surface area (Å²) in [6.07, 6.45) is 5.29. The van der Waals surface area contributed by atoms with Crippen LogP contribution in [0.2, 0.25) is 0 Å². The van der Waals surface area contributed by atoms with Gasteiger partial charge in [-0.1, -0.05) is 26.7 Å². The summed E-state index contributed by atoms with van der Waals surface area (Å²) >= 11 is 0. The third kappa shape index (κ3) is 4.42. The Labute approximate surface area is 102 Å². The van der Waals surface area contributed by atoms with Crippen LogP contribution in [0.15, 0.2) is 0 Å². The summed E-state index contributed by atoms with van der Waals surface area (Å²) in [5, 5.41) is 3.76. The summed E-state index contributed by atoms with van der Waals surface area (Å²) in [6, 6.07) is 1.50. The smallest absolute Gasteiger partial charge is 0.00915 e. The Morgan fingerprint density at radius 3 is 2.12 bits per heavy atom. The molecular weight excluding hydrogens is 196 g/mol. The minimum atomic E-state index is 0.722. The van der Waals surface area contributed by atoms with Gasteiger partial charge in [-0.15, -0.1) is 0 Å². The minimum absolute atomic E-state index is 0.722. The van der Waals surface area contributed by atoms with E-state index in [4.69, 9.17) is 0 Å². The average molecular weight is 226 g/mol. The van der Waals surface area contributed by atoms with Crippen LogP contribution in [0.5, 0.6) is 0 Å². The van der Waals surface area contributed by atoms with Crippen LogP contribution in [0, 0.1) is 5.92 Å². The standard InChI is InChI=1S/C14H30N2/c1-5-13(6-2)11-15-14-7-9-16(10-8-14)12(3)4/h12-15H,5-11H2,1-4H3. The number of nitrogens with zero attached hydrogens (tertiary/aromatic N) is 1. The second-order valence-corrected chi connectivity index (χ2v) is 5.49. The van der Waals surface area contributed by atoms with Crippen molar-refractivity contribution < 1.29 is 0 Å². The Hall–Kier alpha value is -0.0800. The zero-order valence-corrected chi connectivity index (χ0v) is 11.6. The van der Waals surface area contributed by atoms with Crippen molar-refractivity contribution >= 4 is 0 Å². The van der Waals surface area contributed by atoms with E-state index in [1.54, 1.807) is 0 Å². The Kier molecular flexibility index (Phi) is 6.37. The second-order valence-electron chi connectivity index (χ2n) is 5.49. The lowest BCUT2D eigenvalue weighted by Crippen LogP contribution is -2.45. The summed E-state index contributed by atoms with van der Waals surface area (Å²) < 4.78 is 0. The first-order valence-corrected chi connectivity index (χ1v) is 7.14. The molecule has 1 aliphatic heterocycles. The van der Waals surface area contributed by atoms with Crippen molar-refractivity contribution in [1.29, 1.82) is 0 Å². The first-order valence-electron chi connectivity index (χ1n) is 7.14. The van der Waals surface area contributed by atoms with E-state index >= 15 is 0 Å². The lowest BCUT2D eigenvalue weighted by Gasteiger charge is -2.35. The highest BCUT2D eigenvalue weighted by molar-refractivity contribution is 4.79. The molecule has 0 aromatic heterocycles. The van der Waals surface area contributed by atoms with Gasteiger partial charge in [0.15, 0.2) is 0 Å². The van der Waals surface area contributed by atoms with Crippen LogP contribution in [0.1, 0.15) is 53.4 Å². The van der Waals surface area contributed by atoms with Crippen LogP contribution in [0.4, 0.5) is 0 Å². The fourth-order valence-electron chi connectivity index (χ4n) is 2.53. The molecule has 0 unspecified atom stereocenters. The van der Waals surface area contributed by atoms with Crippen LogP contribution in [-0.4, -0.2) is 36.6 Å². The molecule has 0 radical (unpaired) electrons. The molecular formula is C14H30N2. The lowest BCUT2D eigenvalue weighted by molar-refractivity contribution is 0.159. The van der Waals surface area contributed by atoms with E-state index in [1.807, 2.05) is 0 Å². The number of nitrogens with one attached hydrogen (secondary N) is 1. The zero-order valence-electron chi connectivity index (χ0n) is 11.6. The number of hydrogen-bond donors (Lipinski definition) is 1. The van der Waals surface area contributed by atoms with Gasteiger partial charge in [0, 0.05) is 12.1 Å². The minimum Gasteiger partial charge on any atom is -0.314 e. The molecule has 1 N–H and O–H groups in total. The number of hydrogen-bond acceptors (Lipinski definition) is 2. The highest BCUT2D eigenvalue weighted by Crippen LogP contribution is 2.14. The summed E-state index contributed by atoms with van der Waals surface area (Å²) in [7, 11) is 0. The molecule has 0 saturated carbocycles. The van der Waals surface area contributed by atoms with Crippen molar-refractivity contribution in [3.8, 4) is 0 Å². The van der Waals surface area contributed by atoms with E-state index in [1.165, 1.54) is 45.3 Å². The Bertz CT molecular complexity index is 168. The molecule has 1 heterocycles. The SMILES string of the molecule is CCC(CC)CNC1CCN(C(C)C)CC1. The molecule has 0 bridgehead atoms.